The lowest BCUT2D eigenvalue weighted by atomic mass is 10.1. The van der Waals surface area contributed by atoms with Crippen LogP contribution in [0.3, 0.4) is 0 Å². The van der Waals surface area contributed by atoms with E-state index in [0.29, 0.717) is 23.2 Å². The van der Waals surface area contributed by atoms with Gasteiger partial charge in [0.1, 0.15) is 11.9 Å². The molecular weight excluding hydrogens is 528 g/mol. The molecule has 0 spiro atoms. The molecule has 0 saturated heterocycles. The van der Waals surface area contributed by atoms with Gasteiger partial charge in [0.15, 0.2) is 17.5 Å². The molecule has 0 aliphatic carbocycles. The Morgan fingerprint density at radius 2 is 1.97 bits per heavy atom. The van der Waals surface area contributed by atoms with Gasteiger partial charge in [-0.05, 0) is 29.8 Å². The number of carbonyl (C=O) groups is 1. The number of aromatic nitrogens is 2. The van der Waals surface area contributed by atoms with Crippen LogP contribution in [0, 0.1) is 0 Å². The van der Waals surface area contributed by atoms with E-state index in [1.165, 1.54) is 32.4 Å². The van der Waals surface area contributed by atoms with E-state index >= 15 is 0 Å². The molecule has 1 aliphatic heterocycles. The summed E-state index contributed by atoms with van der Waals surface area (Å²) in [6.07, 6.45) is 3.35. The lowest BCUT2D eigenvalue weighted by Gasteiger charge is -2.16. The average Bonchev–Trinajstić information content (AvgIpc) is 3.44. The molecule has 0 radical (unpaired) electrons. The minimum atomic E-state index is -4.27. The molecule has 0 saturated carbocycles. The fourth-order valence-corrected chi connectivity index (χ4v) is 5.09. The van der Waals surface area contributed by atoms with E-state index in [9.17, 15) is 23.1 Å². The fraction of sp³-hybridized carbons (Fsp3) is 0.280. The van der Waals surface area contributed by atoms with E-state index in [0.717, 1.165) is 24.6 Å². The molecular formula is C25H28N6O7S. The predicted molar refractivity (Wildman–Crippen MR) is 145 cm³/mol. The van der Waals surface area contributed by atoms with Crippen molar-refractivity contribution in [2.75, 3.05) is 33.9 Å². The minimum absolute atomic E-state index is 0.0206. The third kappa shape index (κ3) is 6.72. The van der Waals surface area contributed by atoms with Crippen molar-refractivity contribution in [1.82, 2.24) is 25.3 Å². The zero-order valence-corrected chi connectivity index (χ0v) is 22.0. The lowest BCUT2D eigenvalue weighted by molar-refractivity contribution is -0.139. The number of fused-ring (bicyclic) bond motifs is 1. The third-order valence-electron chi connectivity index (χ3n) is 5.81. The topological polar surface area (TPSA) is 184 Å². The number of hydrogen-bond acceptors (Lipinski definition) is 10. The van der Waals surface area contributed by atoms with Crippen molar-refractivity contribution in [1.29, 1.82) is 0 Å². The SMILES string of the molecule is COc1ccc(S(=O)(=O)N[C@@H](Cc2nc3ccc(C=CCNC4=NCCN4)cc3c(=O)[nH]2)C(=O)O)cc1OC. The Bertz CT molecular complexity index is 1600. The second kappa shape index (κ2) is 12.0. The largest absolute Gasteiger partial charge is 0.493 e. The lowest BCUT2D eigenvalue weighted by Crippen LogP contribution is -2.42. The Morgan fingerprint density at radius 3 is 2.67 bits per heavy atom. The molecule has 2 heterocycles. The van der Waals surface area contributed by atoms with Crippen molar-refractivity contribution >= 4 is 38.9 Å². The first-order chi connectivity index (χ1) is 18.7. The van der Waals surface area contributed by atoms with Crippen LogP contribution in [0.1, 0.15) is 11.4 Å². The van der Waals surface area contributed by atoms with Gasteiger partial charge in [-0.25, -0.2) is 13.4 Å². The number of methoxy groups -OCH3 is 2. The van der Waals surface area contributed by atoms with Crippen LogP contribution in [-0.4, -0.2) is 75.3 Å². The Kier molecular flexibility index (Phi) is 8.46. The van der Waals surface area contributed by atoms with Crippen molar-refractivity contribution in [3.63, 3.8) is 0 Å². The standard InChI is InChI=1S/C25H28N6O7S/c1-37-20-8-6-16(13-21(20)38-2)39(35,36)31-19(24(33)34)14-22-29-18-7-5-15(12-17(18)23(32)30-22)4-3-9-26-25-27-10-11-28-25/h3-8,12-13,19,31H,9-11,14H2,1-2H3,(H,33,34)(H2,26,27,28)(H,29,30,32)/t19-/m0/s1. The first kappa shape index (κ1) is 27.6. The Morgan fingerprint density at radius 1 is 1.18 bits per heavy atom. The number of sulfonamides is 1. The second-order valence-electron chi connectivity index (χ2n) is 8.46. The number of aliphatic imine (C=N–C) groups is 1. The van der Waals surface area contributed by atoms with Crippen LogP contribution < -0.4 is 30.4 Å². The molecule has 5 N–H and O–H groups in total. The van der Waals surface area contributed by atoms with Gasteiger partial charge in [-0.15, -0.1) is 0 Å². The van der Waals surface area contributed by atoms with Gasteiger partial charge < -0.3 is 30.2 Å². The van der Waals surface area contributed by atoms with Crippen molar-refractivity contribution in [3.8, 4) is 11.5 Å². The Hall–Kier alpha value is -4.43. The number of H-pyrrole nitrogens is 1. The number of aliphatic carboxylic acids is 1. The molecule has 4 rings (SSSR count). The Labute approximate surface area is 224 Å². The molecule has 13 nitrogen and oxygen atoms in total. The number of carboxylic acids is 1. The number of benzene rings is 2. The second-order valence-corrected chi connectivity index (χ2v) is 10.2. The normalized spacial score (nSPS) is 14.2. The van der Waals surface area contributed by atoms with Gasteiger partial charge in [-0.1, -0.05) is 18.2 Å². The highest BCUT2D eigenvalue weighted by molar-refractivity contribution is 7.89. The summed E-state index contributed by atoms with van der Waals surface area (Å²) in [5.41, 5.74) is 0.650. The molecule has 206 valence electrons. The minimum Gasteiger partial charge on any atom is -0.493 e. The molecule has 39 heavy (non-hydrogen) atoms. The number of guanidine groups is 1. The molecule has 0 amide bonds. The van der Waals surface area contributed by atoms with Gasteiger partial charge in [0, 0.05) is 25.6 Å². The van der Waals surface area contributed by atoms with Crippen LogP contribution in [0.4, 0.5) is 0 Å². The molecule has 0 unspecified atom stereocenters. The molecule has 1 atom stereocenters. The average molecular weight is 557 g/mol. The summed E-state index contributed by atoms with van der Waals surface area (Å²) in [6, 6.07) is 7.37. The Balaban J connectivity index is 1.50. The number of aromatic amines is 1. The van der Waals surface area contributed by atoms with E-state index in [2.05, 4.69) is 30.3 Å². The number of carboxylic acid groups (broad SMARTS) is 1. The molecule has 1 aliphatic rings. The maximum Gasteiger partial charge on any atom is 0.322 e. The summed E-state index contributed by atoms with van der Waals surface area (Å²) in [6.45, 7) is 2.10. The van der Waals surface area contributed by atoms with E-state index < -0.39 is 34.0 Å². The van der Waals surface area contributed by atoms with Gasteiger partial charge in [0.25, 0.3) is 5.56 Å². The number of hydrogen-bond donors (Lipinski definition) is 5. The summed E-state index contributed by atoms with van der Waals surface area (Å²) < 4.78 is 38.2. The molecule has 3 aromatic rings. The molecule has 0 fully saturated rings. The summed E-state index contributed by atoms with van der Waals surface area (Å²) >= 11 is 0. The predicted octanol–water partition coefficient (Wildman–Crippen LogP) is 0.477. The molecule has 14 heteroatoms. The molecule has 2 aromatic carbocycles. The molecule has 0 bridgehead atoms. The van der Waals surface area contributed by atoms with Crippen LogP contribution in [0.2, 0.25) is 0 Å². The zero-order chi connectivity index (χ0) is 28.0. The van der Waals surface area contributed by atoms with Gasteiger partial charge in [0.05, 0.1) is 36.6 Å². The van der Waals surface area contributed by atoms with Crippen LogP contribution in [0.25, 0.3) is 17.0 Å². The van der Waals surface area contributed by atoms with Gasteiger partial charge in [-0.3, -0.25) is 14.6 Å². The molecule has 1 aromatic heterocycles. The van der Waals surface area contributed by atoms with Crippen molar-refractivity contribution in [2.45, 2.75) is 17.4 Å². The summed E-state index contributed by atoms with van der Waals surface area (Å²) in [5.74, 6) is -0.187. The monoisotopic (exact) mass is 556 g/mol. The maximum absolute atomic E-state index is 12.9. The van der Waals surface area contributed by atoms with Crippen LogP contribution in [0.15, 0.2) is 57.2 Å². The first-order valence-electron chi connectivity index (χ1n) is 11.9. The highest BCUT2D eigenvalue weighted by Gasteiger charge is 2.27. The maximum atomic E-state index is 12.9. The van der Waals surface area contributed by atoms with E-state index in [4.69, 9.17) is 9.47 Å². The number of rotatable bonds is 11. The van der Waals surface area contributed by atoms with Crippen LogP contribution in [-0.2, 0) is 21.2 Å². The number of nitrogens with zero attached hydrogens (tertiary/aromatic N) is 2. The first-order valence-corrected chi connectivity index (χ1v) is 13.4. The number of nitrogens with one attached hydrogen (secondary N) is 4. The summed E-state index contributed by atoms with van der Waals surface area (Å²) in [5, 5.41) is 16.3. The van der Waals surface area contributed by atoms with Gasteiger partial charge in [0.2, 0.25) is 10.0 Å². The quantitative estimate of drug-likeness (QED) is 0.223. The summed E-state index contributed by atoms with van der Waals surface area (Å²) in [7, 11) is -1.51. The van der Waals surface area contributed by atoms with Gasteiger partial charge in [-0.2, -0.15) is 4.72 Å². The smallest absolute Gasteiger partial charge is 0.322 e. The fourth-order valence-electron chi connectivity index (χ4n) is 3.88. The van der Waals surface area contributed by atoms with Crippen LogP contribution >= 0.6 is 0 Å². The van der Waals surface area contributed by atoms with Crippen molar-refractivity contribution < 1.29 is 27.8 Å². The van der Waals surface area contributed by atoms with Crippen molar-refractivity contribution in [3.05, 3.63) is 64.2 Å². The number of ether oxygens (including phenoxy) is 2. The van der Waals surface area contributed by atoms with E-state index in [-0.39, 0.29) is 16.5 Å². The zero-order valence-electron chi connectivity index (χ0n) is 21.2. The van der Waals surface area contributed by atoms with Gasteiger partial charge >= 0.3 is 5.97 Å². The van der Waals surface area contributed by atoms with Crippen LogP contribution in [0.5, 0.6) is 11.5 Å². The third-order valence-corrected chi connectivity index (χ3v) is 7.28. The highest BCUT2D eigenvalue weighted by atomic mass is 32.2. The van der Waals surface area contributed by atoms with E-state index in [1.807, 2.05) is 12.2 Å². The highest BCUT2D eigenvalue weighted by Crippen LogP contribution is 2.29. The summed E-state index contributed by atoms with van der Waals surface area (Å²) in [4.78, 5) is 35.6. The van der Waals surface area contributed by atoms with Crippen molar-refractivity contribution in [2.24, 2.45) is 4.99 Å². The van der Waals surface area contributed by atoms with E-state index in [1.54, 1.807) is 18.2 Å².